The van der Waals surface area contributed by atoms with Gasteiger partial charge in [0.1, 0.15) is 141 Å². The van der Waals surface area contributed by atoms with Crippen molar-refractivity contribution in [2.24, 2.45) is 5.73 Å². The standard InChI is InChI=1S/C14H23O5P.C13H20N2O6.C13H22O5.C12H20O6.2C9H16O4.2C7H4.C6H11OP.C4H8O2.3Ar.H2O.H2/c1-14(2)18-12-10(6-4-5-7-16-9-20-3)17-11(8-15)13(12)19-14;1-13(2)20-10-8(19-9(7-16)11(10)21-13)5-3-4-6-15(18)12(14)17;1-7-9-11(18-13(4,5)17-9)10(15-7)8-6-14-12(2,3)16-8;1-11(2)14-5-6(16-11)7-8-9(10(13)15-7)18-12(3,4)17-8;2*1-5-7-8(6(4-10)11-5)13-9(2,3)12-7;2*1-3-5-7-6-4-2;1-3-4-5-7-6-8-2;1-4(5)3-6-2;;;;;/h10-13,15,20H,5,7-9H2,1-3H3;8-11,16,18H,4,6-7H2,1-2H3,(H2,14,17);7-11H,6H2,1-5H3;6-10,13H,5H2,1-4H3;2*5-8,10H,4H2,1-3H3;2*1H,2H3;1,8H,4-6H2,2H3;3H2,1-2H3;;;;1H2;1H/t10-,11-,12?,13?;8-,9-,10?,11?;7-,8?,9?,10-,11?;6?,7-,8?,9?,10?;2*5-,6-,7?,8?;;;;;;;;;/m111111........./s1. The molecule has 36 nitrogen and oxygen atoms in total. The Bertz CT molecular complexity index is 3930. The number of ether oxygens (including phenoxy) is 25. The molecule has 10 N–H and O–H groups in total. The number of primary amides is 1. The van der Waals surface area contributed by atoms with Crippen LogP contribution in [-0.2, 0) is 123 Å². The summed E-state index contributed by atoms with van der Waals surface area (Å²) in [7, 11) is 3.19. The van der Waals surface area contributed by atoms with Gasteiger partial charge in [0.15, 0.2) is 58.4 Å². The summed E-state index contributed by atoms with van der Waals surface area (Å²) < 4.78 is 140. The Labute approximate surface area is 894 Å². The van der Waals surface area contributed by atoms with Gasteiger partial charge in [-0.25, -0.2) is 9.86 Å². The number of carbonyl (C=O) groups is 2. The van der Waals surface area contributed by atoms with Gasteiger partial charge in [-0.3, -0.25) is 10.0 Å². The molecule has 0 aromatic rings. The molecule has 17 unspecified atom stereocenters. The molecule has 14 saturated heterocycles. The molecule has 0 bridgehead atoms. The number of aliphatic hydroxyl groups excluding tert-OH is 5. The van der Waals surface area contributed by atoms with Crippen molar-refractivity contribution in [3.8, 4) is 108 Å². The van der Waals surface area contributed by atoms with Crippen LogP contribution in [0.25, 0.3) is 0 Å². The normalized spacial score (nSPS) is 34.1. The van der Waals surface area contributed by atoms with Crippen molar-refractivity contribution < 1.29 is 279 Å². The number of ketones is 1. The first-order valence-electron chi connectivity index (χ1n) is 43.7. The number of fused-ring (bicyclic) bond motifs is 6. The summed E-state index contributed by atoms with van der Waals surface area (Å²) in [5.41, 5.74) is 4.88. The Hall–Kier alpha value is -1.66. The summed E-state index contributed by atoms with van der Waals surface area (Å²) in [6.45, 7) is 47.2. The number of nitrogens with zero attached hydrogens (tertiary/aromatic N) is 1. The van der Waals surface area contributed by atoms with Crippen molar-refractivity contribution in [3.63, 3.8) is 0 Å². The van der Waals surface area contributed by atoms with Crippen molar-refractivity contribution in [2.45, 2.75) is 377 Å². The molecule has 0 aliphatic carbocycles. The third kappa shape index (κ3) is 43.5. The van der Waals surface area contributed by atoms with Crippen molar-refractivity contribution in [3.05, 3.63) is 0 Å². The van der Waals surface area contributed by atoms with Crippen LogP contribution < -0.4 is 5.73 Å². The van der Waals surface area contributed by atoms with Crippen molar-refractivity contribution in [2.75, 3.05) is 99.1 Å². The molecule has 14 aliphatic rings. The third-order valence-electron chi connectivity index (χ3n) is 20.4. The molecule has 135 heavy (non-hydrogen) atoms. The van der Waals surface area contributed by atoms with E-state index >= 15 is 0 Å². The second kappa shape index (κ2) is 63.0. The van der Waals surface area contributed by atoms with Gasteiger partial charge in [0, 0.05) is 141 Å². The number of methoxy groups -OCH3 is 1. The van der Waals surface area contributed by atoms with E-state index < -0.39 is 76.9 Å². The maximum Gasteiger partial charge on any atom is 0.338 e. The van der Waals surface area contributed by atoms with Crippen molar-refractivity contribution in [1.82, 2.24) is 5.06 Å². The minimum Gasteiger partial charge on any atom is -0.412 e. The number of hydrogen-bond donors (Lipinski definition) is 7. The zero-order chi connectivity index (χ0) is 98.0. The smallest absolute Gasteiger partial charge is 0.338 e. The summed E-state index contributed by atoms with van der Waals surface area (Å²) in [5.74, 6) is 33.5. The molecule has 14 heterocycles. The molecule has 41 heteroatoms. The summed E-state index contributed by atoms with van der Waals surface area (Å²) in [5, 5.41) is 56.1. The van der Waals surface area contributed by atoms with E-state index in [1.807, 2.05) is 118 Å². The van der Waals surface area contributed by atoms with Crippen molar-refractivity contribution >= 4 is 29.0 Å². The van der Waals surface area contributed by atoms with E-state index in [4.69, 9.17) is 154 Å². The van der Waals surface area contributed by atoms with Crippen LogP contribution >= 0.6 is 17.2 Å². The van der Waals surface area contributed by atoms with Crippen LogP contribution in [0.15, 0.2) is 0 Å². The average Bonchev–Trinajstić information content (AvgIpc) is 1.60. The molecule has 0 saturated carbocycles. The van der Waals surface area contributed by atoms with E-state index in [0.29, 0.717) is 31.3 Å². The van der Waals surface area contributed by atoms with E-state index in [-0.39, 0.29) is 306 Å². The monoisotopic (exact) mass is 2030 g/mol. The SMILES string of the molecule is C#CC#CC#CC.C#CC#CC#CC.C#CCCOCPC.CC1(C)OC2C(O1)[C@@H](CO)O[C@@H]2C#CCCN(O)C(N)=O.CC1(C)OCC([C@H]2OC(O)C3OC(C)(C)OC32)O1.COCC(C)=O.CPCOCCC#C[C@H]1O[C@H](CO)C2OC(C)(C)OC21.C[C@H]1O[C@H](C2COC(C)(C)O2)C2OC(C)(C)OC21.C[C@H]1O[C@H](CO)C2OC(C)(C)OC21.C[C@H]1O[C@H](CO)C2OC(C)(C)OC21.O.[Ar].[Ar].[Ar].[HH]. The number of rotatable bonds is 18. The second-order valence-electron chi connectivity index (χ2n) is 35.1. The zero-order valence-electron chi connectivity index (χ0n) is 82.1. The number of nitrogens with two attached hydrogens (primary N) is 1. The zero-order valence-corrected chi connectivity index (χ0v) is 86.3. The van der Waals surface area contributed by atoms with Crippen LogP contribution in [0.3, 0.4) is 0 Å². The van der Waals surface area contributed by atoms with Crippen LogP contribution in [0.1, 0.15) is 173 Å². The Morgan fingerprint density at radius 3 is 1.08 bits per heavy atom. The molecule has 0 aromatic heterocycles. The molecule has 14 rings (SSSR count). The maximum absolute atomic E-state index is 10.6. The fourth-order valence-corrected chi connectivity index (χ4v) is 16.2. The average molecular weight is 2030 g/mol. The number of Topliss-reactive ketones (excluding diaryl/α,β-unsaturated/α-hetero) is 1. The summed E-state index contributed by atoms with van der Waals surface area (Å²) in [6, 6.07) is -0.927. The quantitative estimate of drug-likeness (QED) is 0.0312. The van der Waals surface area contributed by atoms with Gasteiger partial charge < -0.3 is 155 Å². The maximum atomic E-state index is 10.6. The van der Waals surface area contributed by atoms with Gasteiger partial charge in [0.25, 0.3) is 0 Å². The number of terminal acetylenes is 3. The van der Waals surface area contributed by atoms with Gasteiger partial charge in [-0.05, 0) is 213 Å². The second-order valence-corrected chi connectivity index (χ2v) is 37.1. The van der Waals surface area contributed by atoms with Crippen LogP contribution in [-0.4, -0.2) is 357 Å². The summed E-state index contributed by atoms with van der Waals surface area (Å²) in [6.07, 6.45) is 11.5. The van der Waals surface area contributed by atoms with Gasteiger partial charge >= 0.3 is 6.03 Å². The van der Waals surface area contributed by atoms with E-state index in [1.54, 1.807) is 27.7 Å². The minimum atomic E-state index is -0.978. The van der Waals surface area contributed by atoms with Gasteiger partial charge in [-0.2, -0.15) is 0 Å². The van der Waals surface area contributed by atoms with E-state index in [1.165, 1.54) is 14.0 Å². The van der Waals surface area contributed by atoms with Crippen LogP contribution in [0.2, 0.25) is 0 Å². The Kier molecular flexibility index (Phi) is 61.3. The molecule has 772 valence electrons. The predicted molar refractivity (Wildman–Crippen MR) is 487 cm³/mol. The first-order valence-corrected chi connectivity index (χ1v) is 47.1. The predicted octanol–water partition coefficient (Wildman–Crippen LogP) is 4.99. The number of hydrogen-bond acceptors (Lipinski definition) is 33. The van der Waals surface area contributed by atoms with Crippen LogP contribution in [0.4, 0.5) is 4.79 Å². The molecule has 0 aromatic carbocycles. The third-order valence-corrected chi connectivity index (χ3v) is 21.4. The Morgan fingerprint density at radius 2 is 0.756 bits per heavy atom. The Balaban J connectivity index is 0.00000152. The van der Waals surface area contributed by atoms with Crippen molar-refractivity contribution in [1.29, 1.82) is 0 Å². The Morgan fingerprint density at radius 1 is 0.437 bits per heavy atom. The first kappa shape index (κ1) is 131. The molecular formula is C94H148Ar3N2O34P2. The fraction of sp³-hybridized carbons (Fsp3) is 0.787. The van der Waals surface area contributed by atoms with Gasteiger partial charge in [0.2, 0.25) is 0 Å². The first-order chi connectivity index (χ1) is 61.5. The van der Waals surface area contributed by atoms with Crippen LogP contribution in [0.5, 0.6) is 0 Å². The number of carbonyl (C=O) groups excluding carboxylic acids is 2. The number of urea groups is 1. The van der Waals surface area contributed by atoms with E-state index in [9.17, 15) is 24.9 Å². The molecular weight excluding hydrogens is 1880 g/mol. The number of hydroxylamine groups is 2. The molecule has 14 aliphatic heterocycles. The van der Waals surface area contributed by atoms with Crippen LogP contribution in [0, 0.1) is 221 Å². The molecule has 28 atom stereocenters. The fourth-order valence-electron chi connectivity index (χ4n) is 15.5. The molecule has 0 radical (unpaired) electrons. The number of amides is 2. The van der Waals surface area contributed by atoms with Gasteiger partial charge in [-0.15, -0.1) is 25.2 Å². The number of aliphatic hydroxyl groups is 5. The van der Waals surface area contributed by atoms with Gasteiger partial charge in [-0.1, -0.05) is 52.7 Å². The summed E-state index contributed by atoms with van der Waals surface area (Å²) in [4.78, 5) is 20.5. The topological polar surface area (TPSA) is 447 Å². The largest absolute Gasteiger partial charge is 0.412 e. The molecule has 0 spiro atoms. The molecule has 2 amide bonds. The minimum absolute atomic E-state index is 0. The van der Waals surface area contributed by atoms with E-state index in [2.05, 4.69) is 107 Å². The van der Waals surface area contributed by atoms with E-state index in [0.717, 1.165) is 42.9 Å². The van der Waals surface area contributed by atoms with Gasteiger partial charge in [0.05, 0.1) is 90.4 Å². The molecule has 14 fully saturated rings. The summed E-state index contributed by atoms with van der Waals surface area (Å²) >= 11 is 0.